The van der Waals surface area contributed by atoms with E-state index in [1.807, 2.05) is 0 Å². The molecule has 2 N–H and O–H groups in total. The molecular weight excluding hydrogens is 340 g/mol. The van der Waals surface area contributed by atoms with Gasteiger partial charge in [-0.05, 0) is 53.5 Å². The topological polar surface area (TPSA) is 58.2 Å². The molecule has 1 atom stereocenters. The lowest BCUT2D eigenvalue weighted by molar-refractivity contribution is 0.538. The monoisotopic (exact) mass is 354 g/mol. The second kappa shape index (κ2) is 6.86. The van der Waals surface area contributed by atoms with Gasteiger partial charge < -0.3 is 5.32 Å². The van der Waals surface area contributed by atoms with E-state index in [0.29, 0.717) is 21.8 Å². The molecule has 0 aliphatic carbocycles. The first-order chi connectivity index (χ1) is 8.09. The first-order valence-corrected chi connectivity index (χ1v) is 7.82. The van der Waals surface area contributed by atoms with Crippen molar-refractivity contribution in [2.45, 2.75) is 11.3 Å². The van der Waals surface area contributed by atoms with E-state index in [0.717, 1.165) is 19.5 Å². The van der Waals surface area contributed by atoms with Crippen molar-refractivity contribution >= 4 is 38.4 Å². The molecule has 0 saturated carbocycles. The van der Waals surface area contributed by atoms with E-state index >= 15 is 0 Å². The molecule has 7 heteroatoms. The Hall–Kier alpha value is -0.140. The summed E-state index contributed by atoms with van der Waals surface area (Å²) in [6, 6.07) is 6.84. The standard InChI is InChI=1S/C11H15BrN2O2S.ClH/c12-10-3-1-2-4-11(10)17(15,16)14-8-9-5-6-13-7-9;/h1-4,9,13-14H,5-8H2;1H. The number of rotatable bonds is 4. The van der Waals surface area contributed by atoms with Crippen LogP contribution in [-0.4, -0.2) is 28.1 Å². The summed E-state index contributed by atoms with van der Waals surface area (Å²) in [6.45, 7) is 2.36. The van der Waals surface area contributed by atoms with Crippen LogP contribution in [0.25, 0.3) is 0 Å². The van der Waals surface area contributed by atoms with Crippen molar-refractivity contribution in [2.24, 2.45) is 5.92 Å². The number of hydrogen-bond donors (Lipinski definition) is 2. The summed E-state index contributed by atoms with van der Waals surface area (Å²) in [7, 11) is -3.40. The number of sulfonamides is 1. The average Bonchev–Trinajstić information content (AvgIpc) is 2.80. The maximum Gasteiger partial charge on any atom is 0.241 e. The SMILES string of the molecule is Cl.O=S(=O)(NCC1CCNC1)c1ccccc1Br. The van der Waals surface area contributed by atoms with E-state index in [9.17, 15) is 8.42 Å². The van der Waals surface area contributed by atoms with Crippen molar-refractivity contribution in [1.82, 2.24) is 10.0 Å². The zero-order chi connectivity index (χ0) is 12.3. The van der Waals surface area contributed by atoms with Crippen LogP contribution in [0.4, 0.5) is 0 Å². The fourth-order valence-corrected chi connectivity index (χ4v) is 3.97. The summed E-state index contributed by atoms with van der Waals surface area (Å²) in [5.41, 5.74) is 0. The van der Waals surface area contributed by atoms with Crippen molar-refractivity contribution < 1.29 is 8.42 Å². The molecule has 1 aromatic rings. The molecule has 1 unspecified atom stereocenters. The lowest BCUT2D eigenvalue weighted by Crippen LogP contribution is -2.30. The molecule has 1 aliphatic heterocycles. The van der Waals surface area contributed by atoms with Crippen LogP contribution in [0.5, 0.6) is 0 Å². The average molecular weight is 356 g/mol. The van der Waals surface area contributed by atoms with E-state index in [4.69, 9.17) is 0 Å². The van der Waals surface area contributed by atoms with Gasteiger partial charge in [0, 0.05) is 11.0 Å². The van der Waals surface area contributed by atoms with Gasteiger partial charge in [0.25, 0.3) is 0 Å². The molecule has 2 rings (SSSR count). The highest BCUT2D eigenvalue weighted by atomic mass is 79.9. The molecule has 1 fully saturated rings. The van der Waals surface area contributed by atoms with Crippen LogP contribution < -0.4 is 10.0 Å². The zero-order valence-electron chi connectivity index (χ0n) is 9.73. The van der Waals surface area contributed by atoms with Gasteiger partial charge in [-0.2, -0.15) is 0 Å². The molecule has 0 spiro atoms. The second-order valence-corrected chi connectivity index (χ2v) is 6.73. The Morgan fingerprint density at radius 2 is 2.11 bits per heavy atom. The molecule has 102 valence electrons. The van der Waals surface area contributed by atoms with Crippen LogP contribution in [0, 0.1) is 5.92 Å². The van der Waals surface area contributed by atoms with Crippen molar-refractivity contribution in [3.63, 3.8) is 0 Å². The van der Waals surface area contributed by atoms with Gasteiger partial charge in [0.15, 0.2) is 0 Å². The predicted octanol–water partition coefficient (Wildman–Crippen LogP) is 1.76. The van der Waals surface area contributed by atoms with E-state index in [-0.39, 0.29) is 12.4 Å². The van der Waals surface area contributed by atoms with E-state index in [2.05, 4.69) is 26.0 Å². The van der Waals surface area contributed by atoms with Crippen LogP contribution in [-0.2, 0) is 10.0 Å². The number of halogens is 2. The molecule has 1 aliphatic rings. The minimum absolute atomic E-state index is 0. The molecule has 18 heavy (non-hydrogen) atoms. The first kappa shape index (κ1) is 15.9. The number of hydrogen-bond acceptors (Lipinski definition) is 3. The minimum Gasteiger partial charge on any atom is -0.316 e. The highest BCUT2D eigenvalue weighted by Gasteiger charge is 2.20. The highest BCUT2D eigenvalue weighted by molar-refractivity contribution is 9.10. The maximum atomic E-state index is 12.0. The van der Waals surface area contributed by atoms with Crippen molar-refractivity contribution in [3.05, 3.63) is 28.7 Å². The lowest BCUT2D eigenvalue weighted by Gasteiger charge is -2.11. The molecule has 1 heterocycles. The quantitative estimate of drug-likeness (QED) is 0.865. The van der Waals surface area contributed by atoms with Crippen molar-refractivity contribution in [2.75, 3.05) is 19.6 Å². The van der Waals surface area contributed by atoms with Crippen LogP contribution in [0.3, 0.4) is 0 Å². The molecule has 0 radical (unpaired) electrons. The van der Waals surface area contributed by atoms with Gasteiger partial charge in [0.05, 0.1) is 4.90 Å². The van der Waals surface area contributed by atoms with Crippen LogP contribution in [0.15, 0.2) is 33.6 Å². The van der Waals surface area contributed by atoms with E-state index in [1.54, 1.807) is 24.3 Å². The van der Waals surface area contributed by atoms with Crippen LogP contribution in [0.2, 0.25) is 0 Å². The summed E-state index contributed by atoms with van der Waals surface area (Å²) < 4.78 is 27.4. The maximum absolute atomic E-state index is 12.0. The molecular formula is C11H16BrClN2O2S. The highest BCUT2D eigenvalue weighted by Crippen LogP contribution is 2.21. The third kappa shape index (κ3) is 3.93. The third-order valence-electron chi connectivity index (χ3n) is 2.85. The molecule has 0 bridgehead atoms. The predicted molar refractivity (Wildman–Crippen MR) is 77.6 cm³/mol. The fraction of sp³-hybridized carbons (Fsp3) is 0.455. The Morgan fingerprint density at radius 3 is 2.72 bits per heavy atom. The van der Waals surface area contributed by atoms with Gasteiger partial charge in [-0.25, -0.2) is 13.1 Å². The smallest absolute Gasteiger partial charge is 0.241 e. The van der Waals surface area contributed by atoms with Gasteiger partial charge in [0.2, 0.25) is 10.0 Å². The summed E-state index contributed by atoms with van der Waals surface area (Å²) in [5, 5.41) is 3.22. The van der Waals surface area contributed by atoms with Gasteiger partial charge >= 0.3 is 0 Å². The van der Waals surface area contributed by atoms with Gasteiger partial charge in [-0.1, -0.05) is 12.1 Å². The Balaban J connectivity index is 0.00000162. The van der Waals surface area contributed by atoms with Crippen molar-refractivity contribution in [3.8, 4) is 0 Å². The summed E-state index contributed by atoms with van der Waals surface area (Å²) in [6.07, 6.45) is 1.03. The number of nitrogens with one attached hydrogen (secondary N) is 2. The molecule has 1 saturated heterocycles. The minimum atomic E-state index is -3.40. The molecule has 0 amide bonds. The second-order valence-electron chi connectivity index (χ2n) is 4.14. The Bertz CT molecular complexity index is 490. The Labute approximate surface area is 122 Å². The molecule has 1 aromatic carbocycles. The van der Waals surface area contributed by atoms with E-state index in [1.165, 1.54) is 0 Å². The number of benzene rings is 1. The summed E-state index contributed by atoms with van der Waals surface area (Å²) in [4.78, 5) is 0.297. The first-order valence-electron chi connectivity index (χ1n) is 5.54. The van der Waals surface area contributed by atoms with Crippen LogP contribution in [0.1, 0.15) is 6.42 Å². The van der Waals surface area contributed by atoms with E-state index < -0.39 is 10.0 Å². The largest absolute Gasteiger partial charge is 0.316 e. The van der Waals surface area contributed by atoms with Gasteiger partial charge in [0.1, 0.15) is 0 Å². The van der Waals surface area contributed by atoms with Gasteiger partial charge in [-0.3, -0.25) is 0 Å². The van der Waals surface area contributed by atoms with Crippen LogP contribution >= 0.6 is 28.3 Å². The Morgan fingerprint density at radius 1 is 1.39 bits per heavy atom. The Kier molecular flexibility index (Phi) is 6.07. The van der Waals surface area contributed by atoms with Crippen molar-refractivity contribution in [1.29, 1.82) is 0 Å². The molecule has 4 nitrogen and oxygen atoms in total. The zero-order valence-corrected chi connectivity index (χ0v) is 12.9. The molecule has 0 aromatic heterocycles. The third-order valence-corrected chi connectivity index (χ3v) is 5.29. The summed E-state index contributed by atoms with van der Waals surface area (Å²) >= 11 is 3.25. The normalized spacial score (nSPS) is 19.5. The van der Waals surface area contributed by atoms with Gasteiger partial charge in [-0.15, -0.1) is 12.4 Å². The summed E-state index contributed by atoms with van der Waals surface area (Å²) in [5.74, 6) is 0.396. The lowest BCUT2D eigenvalue weighted by atomic mass is 10.1. The fourth-order valence-electron chi connectivity index (χ4n) is 1.86.